The lowest BCUT2D eigenvalue weighted by Crippen LogP contribution is -2.24. The zero-order valence-corrected chi connectivity index (χ0v) is 8.04. The highest BCUT2D eigenvalue weighted by molar-refractivity contribution is 7.71. The minimum absolute atomic E-state index is 0.0588. The molecule has 0 bridgehead atoms. The molecule has 0 unspecified atom stereocenters. The third kappa shape index (κ3) is 1.78. The minimum Gasteiger partial charge on any atom is -0.395 e. The van der Waals surface area contributed by atoms with Crippen LogP contribution in [-0.4, -0.2) is 20.8 Å². The molecule has 0 saturated heterocycles. The van der Waals surface area contributed by atoms with Gasteiger partial charge in [0, 0.05) is 19.7 Å². The molecule has 0 radical (unpaired) electrons. The normalized spacial score (nSPS) is 10.3. The standard InChI is InChI=1S/C7H11N3O2S/c1-9-6(12)4-5(8)10(2-3-11)7(9)13/h4,11H,2-3,8H2,1H3. The summed E-state index contributed by atoms with van der Waals surface area (Å²) in [5.74, 6) is 0.280. The van der Waals surface area contributed by atoms with Crippen molar-refractivity contribution in [2.24, 2.45) is 7.05 Å². The molecular weight excluding hydrogens is 190 g/mol. The Balaban J connectivity index is 3.44. The molecule has 5 nitrogen and oxygen atoms in total. The highest BCUT2D eigenvalue weighted by Gasteiger charge is 2.01. The second kappa shape index (κ2) is 3.71. The monoisotopic (exact) mass is 201 g/mol. The molecule has 0 aliphatic carbocycles. The molecule has 0 aliphatic heterocycles. The molecule has 13 heavy (non-hydrogen) atoms. The number of aromatic nitrogens is 2. The van der Waals surface area contributed by atoms with Gasteiger partial charge in [-0.25, -0.2) is 0 Å². The van der Waals surface area contributed by atoms with Crippen LogP contribution in [0.15, 0.2) is 10.9 Å². The van der Waals surface area contributed by atoms with Crippen LogP contribution in [0, 0.1) is 4.77 Å². The molecule has 0 atom stereocenters. The van der Waals surface area contributed by atoms with Crippen molar-refractivity contribution >= 4 is 18.0 Å². The van der Waals surface area contributed by atoms with E-state index in [0.717, 1.165) is 0 Å². The number of nitrogens with zero attached hydrogens (tertiary/aromatic N) is 2. The van der Waals surface area contributed by atoms with Crippen molar-refractivity contribution in [1.29, 1.82) is 0 Å². The van der Waals surface area contributed by atoms with E-state index in [4.69, 9.17) is 23.1 Å². The van der Waals surface area contributed by atoms with E-state index in [1.807, 2.05) is 0 Å². The first-order valence-electron chi connectivity index (χ1n) is 3.75. The lowest BCUT2D eigenvalue weighted by molar-refractivity contribution is 0.274. The Morgan fingerprint density at radius 3 is 2.85 bits per heavy atom. The van der Waals surface area contributed by atoms with E-state index in [2.05, 4.69) is 0 Å². The third-order valence-corrected chi connectivity index (χ3v) is 2.25. The number of hydrogen-bond acceptors (Lipinski definition) is 4. The van der Waals surface area contributed by atoms with Crippen molar-refractivity contribution in [3.63, 3.8) is 0 Å². The van der Waals surface area contributed by atoms with Crippen molar-refractivity contribution < 1.29 is 5.11 Å². The van der Waals surface area contributed by atoms with Crippen molar-refractivity contribution in [2.45, 2.75) is 6.54 Å². The summed E-state index contributed by atoms with van der Waals surface area (Å²) in [5, 5.41) is 8.72. The highest BCUT2D eigenvalue weighted by Crippen LogP contribution is 1.99. The fourth-order valence-corrected chi connectivity index (χ4v) is 1.30. The second-order valence-corrected chi connectivity index (χ2v) is 2.99. The lowest BCUT2D eigenvalue weighted by atomic mass is 10.5. The van der Waals surface area contributed by atoms with Gasteiger partial charge in [-0.05, 0) is 12.2 Å². The summed E-state index contributed by atoms with van der Waals surface area (Å²) >= 11 is 4.97. The van der Waals surface area contributed by atoms with Gasteiger partial charge in [0.2, 0.25) is 0 Å². The predicted octanol–water partition coefficient (Wildman–Crippen LogP) is -0.509. The van der Waals surface area contributed by atoms with Gasteiger partial charge >= 0.3 is 0 Å². The maximum absolute atomic E-state index is 11.2. The Morgan fingerprint density at radius 2 is 2.31 bits per heavy atom. The van der Waals surface area contributed by atoms with E-state index >= 15 is 0 Å². The molecule has 0 spiro atoms. The van der Waals surface area contributed by atoms with Gasteiger partial charge in [0.05, 0.1) is 6.61 Å². The average molecular weight is 201 g/mol. The van der Waals surface area contributed by atoms with Gasteiger partial charge in [-0.15, -0.1) is 0 Å². The molecule has 72 valence electrons. The predicted molar refractivity (Wildman–Crippen MR) is 52.0 cm³/mol. The molecule has 1 aromatic rings. The van der Waals surface area contributed by atoms with Crippen LogP contribution in [0.4, 0.5) is 5.82 Å². The Bertz CT molecular complexity index is 421. The topological polar surface area (TPSA) is 73.2 Å². The zero-order valence-electron chi connectivity index (χ0n) is 7.23. The van der Waals surface area contributed by atoms with Crippen LogP contribution in [0.2, 0.25) is 0 Å². The van der Waals surface area contributed by atoms with Crippen molar-refractivity contribution in [2.75, 3.05) is 12.3 Å². The number of anilines is 1. The van der Waals surface area contributed by atoms with Gasteiger partial charge in [0.1, 0.15) is 5.82 Å². The molecule has 3 N–H and O–H groups in total. The summed E-state index contributed by atoms with van der Waals surface area (Å²) in [4.78, 5) is 11.2. The Labute approximate surface area is 80.0 Å². The van der Waals surface area contributed by atoms with E-state index in [1.165, 1.54) is 15.2 Å². The first-order valence-corrected chi connectivity index (χ1v) is 4.16. The van der Waals surface area contributed by atoms with Gasteiger partial charge < -0.3 is 15.4 Å². The Hall–Kier alpha value is -1.14. The number of aliphatic hydroxyl groups excluding tert-OH is 1. The summed E-state index contributed by atoms with van der Waals surface area (Å²) in [6.45, 7) is 0.246. The number of aliphatic hydroxyl groups is 1. The molecule has 0 aromatic carbocycles. The molecule has 1 aromatic heterocycles. The van der Waals surface area contributed by atoms with Crippen LogP contribution >= 0.6 is 12.2 Å². The quantitative estimate of drug-likeness (QED) is 0.632. The summed E-state index contributed by atoms with van der Waals surface area (Å²) in [6, 6.07) is 1.28. The fourth-order valence-electron chi connectivity index (χ4n) is 1.01. The van der Waals surface area contributed by atoms with Crippen LogP contribution in [0.25, 0.3) is 0 Å². The van der Waals surface area contributed by atoms with E-state index < -0.39 is 0 Å². The summed E-state index contributed by atoms with van der Waals surface area (Å²) in [5.41, 5.74) is 5.31. The molecule has 1 rings (SSSR count). The van der Waals surface area contributed by atoms with Crippen molar-refractivity contribution in [3.8, 4) is 0 Å². The van der Waals surface area contributed by atoms with Crippen LogP contribution < -0.4 is 11.3 Å². The van der Waals surface area contributed by atoms with Crippen molar-refractivity contribution in [3.05, 3.63) is 21.2 Å². The van der Waals surface area contributed by atoms with Crippen LogP contribution in [-0.2, 0) is 13.6 Å². The maximum Gasteiger partial charge on any atom is 0.256 e. The SMILES string of the molecule is Cn1c(=O)cc(N)n(CCO)c1=S. The van der Waals surface area contributed by atoms with Gasteiger partial charge in [-0.2, -0.15) is 0 Å². The molecule has 0 aliphatic rings. The molecule has 6 heteroatoms. The van der Waals surface area contributed by atoms with Crippen molar-refractivity contribution in [1.82, 2.24) is 9.13 Å². The first kappa shape index (κ1) is 9.94. The van der Waals surface area contributed by atoms with E-state index in [1.54, 1.807) is 7.05 Å². The van der Waals surface area contributed by atoms with Gasteiger partial charge in [-0.1, -0.05) is 0 Å². The van der Waals surface area contributed by atoms with E-state index in [0.29, 0.717) is 11.3 Å². The van der Waals surface area contributed by atoms with Crippen LogP contribution in [0.5, 0.6) is 0 Å². The highest BCUT2D eigenvalue weighted by atomic mass is 32.1. The number of hydrogen-bond donors (Lipinski definition) is 2. The smallest absolute Gasteiger partial charge is 0.256 e. The number of nitrogens with two attached hydrogens (primary N) is 1. The lowest BCUT2D eigenvalue weighted by Gasteiger charge is -2.10. The molecule has 1 heterocycles. The van der Waals surface area contributed by atoms with Gasteiger partial charge in [0.15, 0.2) is 4.77 Å². The van der Waals surface area contributed by atoms with Gasteiger partial charge in [0.25, 0.3) is 5.56 Å². The molecule has 0 fully saturated rings. The minimum atomic E-state index is -0.239. The zero-order chi connectivity index (χ0) is 10.0. The maximum atomic E-state index is 11.2. The fraction of sp³-hybridized carbons (Fsp3) is 0.429. The number of nitrogen functional groups attached to an aromatic ring is 1. The Kier molecular flexibility index (Phi) is 2.84. The summed E-state index contributed by atoms with van der Waals surface area (Å²) in [7, 11) is 1.57. The van der Waals surface area contributed by atoms with E-state index in [-0.39, 0.29) is 18.0 Å². The molecule has 0 saturated carbocycles. The summed E-state index contributed by atoms with van der Waals surface area (Å²) < 4.78 is 3.14. The van der Waals surface area contributed by atoms with Crippen LogP contribution in [0.1, 0.15) is 0 Å². The third-order valence-electron chi connectivity index (χ3n) is 1.76. The summed E-state index contributed by atoms with van der Waals surface area (Å²) in [6.07, 6.45) is 0. The largest absolute Gasteiger partial charge is 0.395 e. The first-order chi connectivity index (χ1) is 6.07. The second-order valence-electron chi connectivity index (χ2n) is 2.62. The molecular formula is C7H11N3O2S. The van der Waals surface area contributed by atoms with E-state index in [9.17, 15) is 4.79 Å². The molecule has 0 amide bonds. The van der Waals surface area contributed by atoms with Gasteiger partial charge in [-0.3, -0.25) is 9.36 Å². The average Bonchev–Trinajstić information content (AvgIpc) is 2.09. The number of rotatable bonds is 2. The Morgan fingerprint density at radius 1 is 1.69 bits per heavy atom. The van der Waals surface area contributed by atoms with Crippen LogP contribution in [0.3, 0.4) is 0 Å².